The molecule has 0 aliphatic carbocycles. The van der Waals surface area contributed by atoms with Crippen LogP contribution in [-0.2, 0) is 17.4 Å². The number of carbonyl (C=O) groups is 2. The second-order valence-corrected chi connectivity index (χ2v) is 9.48. The minimum atomic E-state index is -0.332. The van der Waals surface area contributed by atoms with Gasteiger partial charge in [-0.2, -0.15) is 0 Å². The number of esters is 1. The van der Waals surface area contributed by atoms with E-state index in [1.54, 1.807) is 23.0 Å². The molecule has 1 aliphatic rings. The summed E-state index contributed by atoms with van der Waals surface area (Å²) in [5, 5.41) is 0. The number of ether oxygens (including phenoxy) is 1. The molecule has 1 rings (SSSR count). The zero-order chi connectivity index (χ0) is 21.5. The lowest BCUT2D eigenvalue weighted by atomic mass is 9.82. The number of hydrogen-bond donors (Lipinski definition) is 0. The SMILES string of the molecule is CCCCCCC/C=C/C(CCCCCCCC(=O)OI)C1CC(C)(C)OC1=O. The van der Waals surface area contributed by atoms with Crippen molar-refractivity contribution in [2.24, 2.45) is 11.8 Å². The smallest absolute Gasteiger partial charge is 0.315 e. The summed E-state index contributed by atoms with van der Waals surface area (Å²) in [4.78, 5) is 23.5. The van der Waals surface area contributed by atoms with Crippen LogP contribution in [0.1, 0.15) is 111 Å². The number of hydrogen-bond acceptors (Lipinski definition) is 4. The van der Waals surface area contributed by atoms with Crippen molar-refractivity contribution in [1.82, 2.24) is 0 Å². The van der Waals surface area contributed by atoms with E-state index in [1.807, 2.05) is 13.8 Å². The Balaban J connectivity index is 2.39. The summed E-state index contributed by atoms with van der Waals surface area (Å²) < 4.78 is 10.2. The molecular weight excluding hydrogens is 479 g/mol. The van der Waals surface area contributed by atoms with Crippen LogP contribution in [0.15, 0.2) is 12.2 Å². The van der Waals surface area contributed by atoms with Gasteiger partial charge in [0.25, 0.3) is 0 Å². The lowest BCUT2D eigenvalue weighted by molar-refractivity contribution is -0.149. The van der Waals surface area contributed by atoms with Gasteiger partial charge >= 0.3 is 11.9 Å². The van der Waals surface area contributed by atoms with E-state index in [2.05, 4.69) is 22.1 Å². The molecule has 1 fully saturated rings. The van der Waals surface area contributed by atoms with Gasteiger partial charge in [-0.05, 0) is 45.4 Å². The van der Waals surface area contributed by atoms with Crippen molar-refractivity contribution in [2.75, 3.05) is 0 Å². The number of rotatable bonds is 16. The number of cyclic esters (lactones) is 1. The molecule has 5 heteroatoms. The third kappa shape index (κ3) is 12.0. The zero-order valence-corrected chi connectivity index (χ0v) is 20.9. The van der Waals surface area contributed by atoms with Crippen LogP contribution in [0.4, 0.5) is 0 Å². The first-order valence-corrected chi connectivity index (χ1v) is 12.5. The Morgan fingerprint density at radius 3 is 2.45 bits per heavy atom. The summed E-state index contributed by atoms with van der Waals surface area (Å²) in [6, 6.07) is 0. The molecule has 0 saturated carbocycles. The summed E-state index contributed by atoms with van der Waals surface area (Å²) in [6.07, 6.45) is 19.9. The van der Waals surface area contributed by atoms with Crippen LogP contribution in [0, 0.1) is 11.8 Å². The maximum Gasteiger partial charge on any atom is 0.315 e. The molecule has 0 N–H and O–H groups in total. The maximum absolute atomic E-state index is 12.4. The molecule has 0 spiro atoms. The second-order valence-electron chi connectivity index (χ2n) is 9.04. The molecule has 1 aliphatic heterocycles. The number of halogens is 1. The highest BCUT2D eigenvalue weighted by atomic mass is 127. The Bertz CT molecular complexity index is 501. The average molecular weight is 520 g/mol. The summed E-state index contributed by atoms with van der Waals surface area (Å²) >= 11 is 1.65. The van der Waals surface area contributed by atoms with Crippen LogP contribution in [0.2, 0.25) is 0 Å². The molecule has 4 nitrogen and oxygen atoms in total. The van der Waals surface area contributed by atoms with E-state index in [1.165, 1.54) is 32.1 Å². The maximum atomic E-state index is 12.4. The van der Waals surface area contributed by atoms with Crippen molar-refractivity contribution in [3.8, 4) is 0 Å². The highest BCUT2D eigenvalue weighted by Crippen LogP contribution is 2.37. The first-order valence-electron chi connectivity index (χ1n) is 11.6. The van der Waals surface area contributed by atoms with E-state index in [4.69, 9.17) is 4.74 Å². The highest BCUT2D eigenvalue weighted by molar-refractivity contribution is 14.1. The Kier molecular flexibility index (Phi) is 13.9. The Labute approximate surface area is 192 Å². The second kappa shape index (κ2) is 15.2. The molecule has 2 unspecified atom stereocenters. The lowest BCUT2D eigenvalue weighted by Gasteiger charge is -2.18. The van der Waals surface area contributed by atoms with Crippen molar-refractivity contribution >= 4 is 34.9 Å². The van der Waals surface area contributed by atoms with Crippen molar-refractivity contribution < 1.29 is 17.4 Å². The molecular formula is C24H41IO4. The molecule has 168 valence electrons. The number of allylic oxidation sites excluding steroid dienone is 2. The van der Waals surface area contributed by atoms with Gasteiger partial charge in [0.15, 0.2) is 23.0 Å². The average Bonchev–Trinajstić information content (AvgIpc) is 2.96. The topological polar surface area (TPSA) is 52.6 Å². The summed E-state index contributed by atoms with van der Waals surface area (Å²) in [5.74, 6) is 0.131. The van der Waals surface area contributed by atoms with Gasteiger partial charge in [0.05, 0.1) is 5.92 Å². The fraction of sp³-hybridized carbons (Fsp3) is 0.833. The normalized spacial score (nSPS) is 19.4. The predicted molar refractivity (Wildman–Crippen MR) is 127 cm³/mol. The first kappa shape index (κ1) is 26.4. The van der Waals surface area contributed by atoms with Crippen molar-refractivity contribution in [3.05, 3.63) is 12.2 Å². The largest absolute Gasteiger partial charge is 0.459 e. The molecule has 29 heavy (non-hydrogen) atoms. The van der Waals surface area contributed by atoms with Crippen LogP contribution in [-0.4, -0.2) is 17.5 Å². The minimum Gasteiger partial charge on any atom is -0.459 e. The van der Waals surface area contributed by atoms with E-state index in [0.717, 1.165) is 51.4 Å². The van der Waals surface area contributed by atoms with E-state index < -0.39 is 0 Å². The van der Waals surface area contributed by atoms with E-state index >= 15 is 0 Å². The molecule has 0 aromatic carbocycles. The minimum absolute atomic E-state index is 0.000217. The first-order chi connectivity index (χ1) is 13.9. The van der Waals surface area contributed by atoms with Crippen LogP contribution in [0.25, 0.3) is 0 Å². The van der Waals surface area contributed by atoms with Gasteiger partial charge < -0.3 is 7.80 Å². The van der Waals surface area contributed by atoms with Gasteiger partial charge in [-0.3, -0.25) is 9.59 Å². The molecule has 0 amide bonds. The molecule has 0 radical (unpaired) electrons. The molecule has 2 atom stereocenters. The summed E-state index contributed by atoms with van der Waals surface area (Å²) in [5.41, 5.74) is -0.332. The Morgan fingerprint density at radius 2 is 1.79 bits per heavy atom. The third-order valence-corrected chi connectivity index (χ3v) is 6.26. The predicted octanol–water partition coefficient (Wildman–Crippen LogP) is 7.48. The van der Waals surface area contributed by atoms with Gasteiger partial charge in [-0.15, -0.1) is 0 Å². The van der Waals surface area contributed by atoms with Gasteiger partial charge in [-0.25, -0.2) is 0 Å². The molecule has 0 aromatic rings. The van der Waals surface area contributed by atoms with Crippen LogP contribution >= 0.6 is 23.0 Å². The van der Waals surface area contributed by atoms with Gasteiger partial charge in [0.1, 0.15) is 5.60 Å². The highest BCUT2D eigenvalue weighted by Gasteiger charge is 2.42. The fourth-order valence-corrected chi connectivity index (χ4v) is 4.34. The fourth-order valence-electron chi connectivity index (χ4n) is 4.12. The van der Waals surface area contributed by atoms with Crippen LogP contribution in [0.5, 0.6) is 0 Å². The summed E-state index contributed by atoms with van der Waals surface area (Å²) in [7, 11) is 0. The van der Waals surface area contributed by atoms with Crippen LogP contribution in [0.3, 0.4) is 0 Å². The van der Waals surface area contributed by atoms with Crippen molar-refractivity contribution in [2.45, 2.75) is 116 Å². The molecule has 1 heterocycles. The van der Waals surface area contributed by atoms with Crippen LogP contribution < -0.4 is 0 Å². The Morgan fingerprint density at radius 1 is 1.14 bits per heavy atom. The lowest BCUT2D eigenvalue weighted by Crippen LogP contribution is -2.18. The molecule has 1 saturated heterocycles. The van der Waals surface area contributed by atoms with E-state index in [0.29, 0.717) is 6.42 Å². The van der Waals surface area contributed by atoms with E-state index in [9.17, 15) is 9.59 Å². The monoisotopic (exact) mass is 520 g/mol. The van der Waals surface area contributed by atoms with Gasteiger partial charge in [0.2, 0.25) is 0 Å². The summed E-state index contributed by atoms with van der Waals surface area (Å²) in [6.45, 7) is 6.27. The third-order valence-electron chi connectivity index (χ3n) is 5.77. The van der Waals surface area contributed by atoms with Gasteiger partial charge in [0, 0.05) is 12.8 Å². The van der Waals surface area contributed by atoms with Gasteiger partial charge in [-0.1, -0.05) is 70.4 Å². The Hall–Kier alpha value is -0.590. The quantitative estimate of drug-likeness (QED) is 0.0916. The standard InChI is InChI=1S/C24H41IO4/c1-4-5-6-7-8-10-13-16-20(21-19-24(2,3)28-23(21)27)17-14-11-9-12-15-18-22(26)29-25/h13,16,20-21H,4-12,14-15,17-19H2,1-3H3/b16-13+. The van der Waals surface area contributed by atoms with Crippen molar-refractivity contribution in [3.63, 3.8) is 0 Å². The van der Waals surface area contributed by atoms with E-state index in [-0.39, 0.29) is 29.4 Å². The zero-order valence-electron chi connectivity index (χ0n) is 18.7. The van der Waals surface area contributed by atoms with Crippen molar-refractivity contribution in [1.29, 1.82) is 0 Å². The number of carbonyl (C=O) groups excluding carboxylic acids is 2. The number of unbranched alkanes of at least 4 members (excludes halogenated alkanes) is 9. The molecule has 0 aromatic heterocycles. The molecule has 0 bridgehead atoms.